The smallest absolute Gasteiger partial charge is 0.244 e. The Morgan fingerprint density at radius 3 is 2.92 bits per heavy atom. The zero-order valence-corrected chi connectivity index (χ0v) is 14.7. The summed E-state index contributed by atoms with van der Waals surface area (Å²) in [7, 11) is 2.00. The van der Waals surface area contributed by atoms with Crippen molar-refractivity contribution in [2.75, 3.05) is 43.1 Å². The van der Waals surface area contributed by atoms with Gasteiger partial charge >= 0.3 is 0 Å². The Labute approximate surface area is 152 Å². The van der Waals surface area contributed by atoms with Crippen molar-refractivity contribution in [3.05, 3.63) is 48.3 Å². The average Bonchev–Trinajstić information content (AvgIpc) is 3.07. The van der Waals surface area contributed by atoms with Crippen LogP contribution in [-0.2, 0) is 21.4 Å². The van der Waals surface area contributed by atoms with Crippen molar-refractivity contribution in [2.24, 2.45) is 7.05 Å². The fourth-order valence-electron chi connectivity index (χ4n) is 3.64. The molecule has 2 aromatic rings. The van der Waals surface area contributed by atoms with Gasteiger partial charge in [-0.15, -0.1) is 0 Å². The van der Waals surface area contributed by atoms with Gasteiger partial charge in [0.15, 0.2) is 0 Å². The van der Waals surface area contributed by atoms with E-state index in [0.717, 1.165) is 11.4 Å². The molecule has 0 aliphatic carbocycles. The third-order valence-electron chi connectivity index (χ3n) is 4.97. The lowest BCUT2D eigenvalue weighted by molar-refractivity contribution is -0.124. The number of amides is 2. The van der Waals surface area contributed by atoms with Crippen LogP contribution in [0.4, 0.5) is 11.4 Å². The number of para-hydroxylation sites is 2. The van der Waals surface area contributed by atoms with Crippen LogP contribution < -0.4 is 10.2 Å². The van der Waals surface area contributed by atoms with E-state index in [1.54, 1.807) is 4.90 Å². The quantitative estimate of drug-likeness (QED) is 0.904. The van der Waals surface area contributed by atoms with E-state index in [2.05, 4.69) is 20.9 Å². The highest BCUT2D eigenvalue weighted by atomic mass is 16.5. The third-order valence-corrected chi connectivity index (χ3v) is 4.97. The SMILES string of the molecule is Cn1cccc1C1COCCN1CC(=O)N1CC(=O)Nc2ccccc21. The first kappa shape index (κ1) is 16.8. The molecule has 0 bridgehead atoms. The Bertz CT molecular complexity index is 832. The summed E-state index contributed by atoms with van der Waals surface area (Å²) >= 11 is 0. The maximum absolute atomic E-state index is 13.0. The van der Waals surface area contributed by atoms with Crippen LogP contribution in [0.25, 0.3) is 0 Å². The number of benzene rings is 1. The molecule has 2 amide bonds. The van der Waals surface area contributed by atoms with Gasteiger partial charge in [-0.05, 0) is 24.3 Å². The number of nitrogens with one attached hydrogen (secondary N) is 1. The van der Waals surface area contributed by atoms with Gasteiger partial charge in [0.05, 0.1) is 37.2 Å². The zero-order chi connectivity index (χ0) is 18.1. The van der Waals surface area contributed by atoms with Gasteiger partial charge in [-0.1, -0.05) is 12.1 Å². The largest absolute Gasteiger partial charge is 0.378 e. The number of aryl methyl sites for hydroxylation is 1. The summed E-state index contributed by atoms with van der Waals surface area (Å²) in [6.07, 6.45) is 2.00. The van der Waals surface area contributed by atoms with Crippen LogP contribution in [-0.4, -0.2) is 54.1 Å². The van der Waals surface area contributed by atoms with Crippen LogP contribution in [0.2, 0.25) is 0 Å². The Morgan fingerprint density at radius 2 is 2.12 bits per heavy atom. The molecule has 0 saturated carbocycles. The molecule has 2 aliphatic heterocycles. The van der Waals surface area contributed by atoms with E-state index in [0.29, 0.717) is 25.4 Å². The number of rotatable bonds is 3. The number of hydrogen-bond donors (Lipinski definition) is 1. The molecule has 7 nitrogen and oxygen atoms in total. The minimum atomic E-state index is -0.169. The van der Waals surface area contributed by atoms with Gasteiger partial charge < -0.3 is 14.6 Å². The van der Waals surface area contributed by atoms with E-state index in [1.807, 2.05) is 43.6 Å². The lowest BCUT2D eigenvalue weighted by Gasteiger charge is -2.37. The first-order chi connectivity index (χ1) is 12.6. The molecule has 26 heavy (non-hydrogen) atoms. The summed E-state index contributed by atoms with van der Waals surface area (Å²) < 4.78 is 7.70. The summed E-state index contributed by atoms with van der Waals surface area (Å²) in [5, 5.41) is 2.82. The molecular formula is C19H22N4O3. The molecule has 1 aromatic heterocycles. The molecule has 1 fully saturated rings. The number of aromatic nitrogens is 1. The molecule has 3 heterocycles. The summed E-state index contributed by atoms with van der Waals surface area (Å²) in [6, 6.07) is 11.5. The number of carbonyl (C=O) groups excluding carboxylic acids is 2. The fourth-order valence-corrected chi connectivity index (χ4v) is 3.64. The van der Waals surface area contributed by atoms with Crippen molar-refractivity contribution in [3.8, 4) is 0 Å². The number of anilines is 2. The van der Waals surface area contributed by atoms with Crippen molar-refractivity contribution in [1.82, 2.24) is 9.47 Å². The van der Waals surface area contributed by atoms with Gasteiger partial charge in [0, 0.05) is 25.5 Å². The summed E-state index contributed by atoms with van der Waals surface area (Å²) in [6.45, 7) is 2.15. The Balaban J connectivity index is 1.55. The molecular weight excluding hydrogens is 332 g/mol. The first-order valence-corrected chi connectivity index (χ1v) is 8.76. The Hall–Kier alpha value is -2.64. The zero-order valence-electron chi connectivity index (χ0n) is 14.7. The second kappa shape index (κ2) is 6.93. The highest BCUT2D eigenvalue weighted by molar-refractivity contribution is 6.10. The minimum absolute atomic E-state index is 0.0292. The molecule has 4 rings (SSSR count). The van der Waals surface area contributed by atoms with Crippen LogP contribution >= 0.6 is 0 Å². The predicted octanol–water partition coefficient (Wildman–Crippen LogP) is 1.38. The second-order valence-corrected chi connectivity index (χ2v) is 6.65. The molecule has 136 valence electrons. The predicted molar refractivity (Wildman–Crippen MR) is 98.0 cm³/mol. The molecule has 1 aromatic carbocycles. The molecule has 1 saturated heterocycles. The van der Waals surface area contributed by atoms with Crippen LogP contribution in [0, 0.1) is 0 Å². The van der Waals surface area contributed by atoms with Crippen molar-refractivity contribution in [3.63, 3.8) is 0 Å². The number of hydrogen-bond acceptors (Lipinski definition) is 4. The highest BCUT2D eigenvalue weighted by Gasteiger charge is 2.32. The van der Waals surface area contributed by atoms with Crippen LogP contribution in [0.5, 0.6) is 0 Å². The molecule has 1 N–H and O–H groups in total. The average molecular weight is 354 g/mol. The van der Waals surface area contributed by atoms with E-state index in [4.69, 9.17) is 4.74 Å². The highest BCUT2D eigenvalue weighted by Crippen LogP contribution is 2.30. The number of ether oxygens (including phenoxy) is 1. The van der Waals surface area contributed by atoms with E-state index < -0.39 is 0 Å². The standard InChI is InChI=1S/C19H22N4O3/c1-21-8-4-7-16(21)17-13-26-10-9-22(17)12-19(25)23-11-18(24)20-14-5-2-3-6-15(14)23/h2-8,17H,9-13H2,1H3,(H,20,24). The Morgan fingerprint density at radius 1 is 1.27 bits per heavy atom. The number of fused-ring (bicyclic) bond motifs is 1. The molecule has 1 unspecified atom stereocenters. The molecule has 0 spiro atoms. The maximum Gasteiger partial charge on any atom is 0.244 e. The van der Waals surface area contributed by atoms with Gasteiger partial charge in [0.2, 0.25) is 11.8 Å². The first-order valence-electron chi connectivity index (χ1n) is 8.76. The van der Waals surface area contributed by atoms with E-state index in [-0.39, 0.29) is 30.9 Å². The van der Waals surface area contributed by atoms with Gasteiger partial charge in [-0.2, -0.15) is 0 Å². The van der Waals surface area contributed by atoms with Gasteiger partial charge in [-0.3, -0.25) is 19.4 Å². The fraction of sp³-hybridized carbons (Fsp3) is 0.368. The molecule has 7 heteroatoms. The van der Waals surface area contributed by atoms with Gasteiger partial charge in [0.1, 0.15) is 6.54 Å². The summed E-state index contributed by atoms with van der Waals surface area (Å²) in [5.41, 5.74) is 2.55. The van der Waals surface area contributed by atoms with Crippen molar-refractivity contribution < 1.29 is 14.3 Å². The van der Waals surface area contributed by atoms with Crippen molar-refractivity contribution in [1.29, 1.82) is 0 Å². The monoisotopic (exact) mass is 354 g/mol. The van der Waals surface area contributed by atoms with Crippen molar-refractivity contribution in [2.45, 2.75) is 6.04 Å². The lowest BCUT2D eigenvalue weighted by Crippen LogP contribution is -2.49. The number of nitrogens with zero attached hydrogens (tertiary/aromatic N) is 3. The van der Waals surface area contributed by atoms with Crippen molar-refractivity contribution >= 4 is 23.2 Å². The van der Waals surface area contributed by atoms with Crippen LogP contribution in [0.15, 0.2) is 42.6 Å². The van der Waals surface area contributed by atoms with Gasteiger partial charge in [0.25, 0.3) is 0 Å². The lowest BCUT2D eigenvalue weighted by atomic mass is 10.1. The van der Waals surface area contributed by atoms with E-state index in [1.165, 1.54) is 0 Å². The number of morpholine rings is 1. The van der Waals surface area contributed by atoms with Gasteiger partial charge in [-0.25, -0.2) is 0 Å². The molecule has 2 aliphatic rings. The second-order valence-electron chi connectivity index (χ2n) is 6.65. The maximum atomic E-state index is 13.0. The summed E-state index contributed by atoms with van der Waals surface area (Å²) in [4.78, 5) is 28.7. The summed E-state index contributed by atoms with van der Waals surface area (Å²) in [5.74, 6) is -0.244. The Kier molecular flexibility index (Phi) is 4.48. The molecule has 1 atom stereocenters. The van der Waals surface area contributed by atoms with E-state index in [9.17, 15) is 9.59 Å². The van der Waals surface area contributed by atoms with Crippen LogP contribution in [0.1, 0.15) is 11.7 Å². The van der Waals surface area contributed by atoms with E-state index >= 15 is 0 Å². The minimum Gasteiger partial charge on any atom is -0.378 e. The third kappa shape index (κ3) is 3.11. The molecule has 0 radical (unpaired) electrons. The number of carbonyl (C=O) groups is 2. The van der Waals surface area contributed by atoms with Crippen LogP contribution in [0.3, 0.4) is 0 Å². The normalized spacial score (nSPS) is 20.6. The topological polar surface area (TPSA) is 66.8 Å².